The number of methoxy groups -OCH3 is 1. The van der Waals surface area contributed by atoms with E-state index in [0.29, 0.717) is 6.54 Å². The first-order valence-electron chi connectivity index (χ1n) is 9.27. The molecule has 3 rings (SSSR count). The van der Waals surface area contributed by atoms with Gasteiger partial charge >= 0.3 is 0 Å². The zero-order valence-electron chi connectivity index (χ0n) is 16.9. The lowest BCUT2D eigenvalue weighted by Gasteiger charge is -2.27. The Morgan fingerprint density at radius 1 is 1.17 bits per heavy atom. The highest BCUT2D eigenvalue weighted by molar-refractivity contribution is 6.46. The molecule has 2 aromatic carbocycles. The number of hydrogen-bond donors (Lipinski definition) is 1. The summed E-state index contributed by atoms with van der Waals surface area (Å²) in [6.45, 7) is 0.551. The molecule has 1 fully saturated rings. The van der Waals surface area contributed by atoms with Gasteiger partial charge in [-0.2, -0.15) is 0 Å². The van der Waals surface area contributed by atoms with E-state index in [0.717, 1.165) is 12.1 Å². The third-order valence-electron chi connectivity index (χ3n) is 4.94. The first kappa shape index (κ1) is 21.4. The summed E-state index contributed by atoms with van der Waals surface area (Å²) < 4.78 is 33.7. The average Bonchev–Trinajstić information content (AvgIpc) is 2.96. The number of amides is 1. The third-order valence-corrected chi connectivity index (χ3v) is 4.94. The number of halogens is 2. The molecule has 8 heteroatoms. The van der Waals surface area contributed by atoms with E-state index in [2.05, 4.69) is 0 Å². The van der Waals surface area contributed by atoms with Crippen LogP contribution in [0.25, 0.3) is 5.76 Å². The lowest BCUT2D eigenvalue weighted by molar-refractivity contribution is -0.140. The number of hydrogen-bond acceptors (Lipinski definition) is 5. The van der Waals surface area contributed by atoms with Crippen molar-refractivity contribution in [2.75, 3.05) is 34.3 Å². The smallest absolute Gasteiger partial charge is 0.295 e. The van der Waals surface area contributed by atoms with Gasteiger partial charge in [0.15, 0.2) is 0 Å². The molecule has 1 unspecified atom stereocenters. The molecule has 1 aliphatic heterocycles. The van der Waals surface area contributed by atoms with Crippen LogP contribution in [0.1, 0.15) is 17.2 Å². The van der Waals surface area contributed by atoms with Gasteiger partial charge in [-0.05, 0) is 38.4 Å². The Labute approximate surface area is 173 Å². The predicted octanol–water partition coefficient (Wildman–Crippen LogP) is 2.96. The van der Waals surface area contributed by atoms with Gasteiger partial charge < -0.3 is 19.6 Å². The van der Waals surface area contributed by atoms with Crippen molar-refractivity contribution in [3.05, 3.63) is 70.8 Å². The van der Waals surface area contributed by atoms with Crippen LogP contribution in [-0.2, 0) is 9.59 Å². The number of ketones is 1. The summed E-state index contributed by atoms with van der Waals surface area (Å²) in [5.41, 5.74) is -0.343. The number of carbonyl (C=O) groups excluding carboxylic acids is 2. The van der Waals surface area contributed by atoms with Gasteiger partial charge in [-0.25, -0.2) is 8.78 Å². The molecular formula is C22H22F2N2O4. The molecule has 1 aliphatic rings. The van der Waals surface area contributed by atoms with Crippen LogP contribution in [0.5, 0.6) is 5.75 Å². The van der Waals surface area contributed by atoms with Crippen molar-refractivity contribution in [3.63, 3.8) is 0 Å². The summed E-state index contributed by atoms with van der Waals surface area (Å²) >= 11 is 0. The number of likely N-dealkylation sites (tertiary alicyclic amines) is 1. The number of rotatable bonds is 6. The van der Waals surface area contributed by atoms with Crippen LogP contribution in [0.3, 0.4) is 0 Å². The highest BCUT2D eigenvalue weighted by Crippen LogP contribution is 2.41. The quantitative estimate of drug-likeness (QED) is 0.446. The van der Waals surface area contributed by atoms with Crippen molar-refractivity contribution in [1.29, 1.82) is 0 Å². The molecule has 2 aromatic rings. The second-order valence-electron chi connectivity index (χ2n) is 7.16. The number of likely N-dealkylation sites (N-methyl/N-ethyl adjacent to an activating group) is 1. The number of carbonyl (C=O) groups is 2. The minimum atomic E-state index is -1.15. The van der Waals surface area contributed by atoms with Crippen molar-refractivity contribution in [1.82, 2.24) is 9.80 Å². The van der Waals surface area contributed by atoms with Crippen LogP contribution in [0.4, 0.5) is 8.78 Å². The third kappa shape index (κ3) is 3.91. The SMILES string of the molecule is COc1ccc(F)cc1/C(O)=C1\C(=O)C(=O)N(CCN(C)C)C1c1ccccc1F. The molecule has 30 heavy (non-hydrogen) atoms. The highest BCUT2D eigenvalue weighted by atomic mass is 19.1. The van der Waals surface area contributed by atoms with Crippen LogP contribution in [-0.4, -0.2) is 60.9 Å². The Bertz CT molecular complexity index is 1020. The summed E-state index contributed by atoms with van der Waals surface area (Å²) in [6, 6.07) is 8.01. The van der Waals surface area contributed by atoms with E-state index in [-0.39, 0.29) is 29.0 Å². The Hall–Kier alpha value is -3.26. The molecule has 0 radical (unpaired) electrons. The summed E-state index contributed by atoms with van der Waals surface area (Å²) in [6.07, 6.45) is 0. The number of aliphatic hydroxyl groups excluding tert-OH is 1. The van der Waals surface area contributed by atoms with Crippen LogP contribution >= 0.6 is 0 Å². The topological polar surface area (TPSA) is 70.1 Å². The van der Waals surface area contributed by atoms with Gasteiger partial charge in [-0.3, -0.25) is 9.59 Å². The highest BCUT2D eigenvalue weighted by Gasteiger charge is 2.47. The number of nitrogens with zero attached hydrogens (tertiary/aromatic N) is 2. The maximum atomic E-state index is 14.7. The van der Waals surface area contributed by atoms with E-state index >= 15 is 0 Å². The zero-order chi connectivity index (χ0) is 22.0. The molecule has 0 bridgehead atoms. The molecule has 1 heterocycles. The van der Waals surface area contributed by atoms with Crippen molar-refractivity contribution in [3.8, 4) is 5.75 Å². The maximum Gasteiger partial charge on any atom is 0.295 e. The fourth-order valence-corrected chi connectivity index (χ4v) is 3.45. The number of Topliss-reactive ketones (excluding diaryl/α,β-unsaturated/α-hetero) is 1. The molecule has 0 aliphatic carbocycles. The minimum Gasteiger partial charge on any atom is -0.507 e. The fraction of sp³-hybridized carbons (Fsp3) is 0.273. The number of ether oxygens (including phenoxy) is 1. The lowest BCUT2D eigenvalue weighted by Crippen LogP contribution is -2.35. The Balaban J connectivity index is 2.24. The van der Waals surface area contributed by atoms with Gasteiger partial charge in [0.2, 0.25) is 0 Å². The molecule has 0 aromatic heterocycles. The normalized spacial score (nSPS) is 18.3. The minimum absolute atomic E-state index is 0.0624. The first-order valence-corrected chi connectivity index (χ1v) is 9.27. The lowest BCUT2D eigenvalue weighted by atomic mass is 9.94. The van der Waals surface area contributed by atoms with Crippen molar-refractivity contribution < 1.29 is 28.2 Å². The molecule has 0 spiro atoms. The van der Waals surface area contributed by atoms with Gasteiger partial charge in [-0.1, -0.05) is 18.2 Å². The van der Waals surface area contributed by atoms with Crippen LogP contribution in [0.2, 0.25) is 0 Å². The molecule has 0 saturated carbocycles. The van der Waals surface area contributed by atoms with Gasteiger partial charge in [0, 0.05) is 18.7 Å². The monoisotopic (exact) mass is 416 g/mol. The van der Waals surface area contributed by atoms with Crippen LogP contribution in [0.15, 0.2) is 48.0 Å². The second-order valence-corrected chi connectivity index (χ2v) is 7.16. The average molecular weight is 416 g/mol. The first-order chi connectivity index (χ1) is 14.3. The van der Waals surface area contributed by atoms with E-state index in [1.54, 1.807) is 20.2 Å². The number of aliphatic hydroxyl groups is 1. The largest absolute Gasteiger partial charge is 0.507 e. The van der Waals surface area contributed by atoms with Gasteiger partial charge in [0.05, 0.1) is 24.3 Å². The summed E-state index contributed by atoms with van der Waals surface area (Å²) in [4.78, 5) is 28.7. The summed E-state index contributed by atoms with van der Waals surface area (Å²) in [5, 5.41) is 11.0. The molecule has 6 nitrogen and oxygen atoms in total. The number of benzene rings is 2. The predicted molar refractivity (Wildman–Crippen MR) is 107 cm³/mol. The molecule has 1 N–H and O–H groups in total. The van der Waals surface area contributed by atoms with Crippen molar-refractivity contribution in [2.45, 2.75) is 6.04 Å². The Morgan fingerprint density at radius 2 is 1.87 bits per heavy atom. The Morgan fingerprint density at radius 3 is 2.50 bits per heavy atom. The van der Waals surface area contributed by atoms with Crippen LogP contribution < -0.4 is 4.74 Å². The van der Waals surface area contributed by atoms with Crippen molar-refractivity contribution in [2.24, 2.45) is 0 Å². The second kappa shape index (κ2) is 8.62. The van der Waals surface area contributed by atoms with E-state index in [1.165, 1.54) is 36.3 Å². The maximum absolute atomic E-state index is 14.7. The fourth-order valence-electron chi connectivity index (χ4n) is 3.45. The van der Waals surface area contributed by atoms with E-state index < -0.39 is 35.1 Å². The van der Waals surface area contributed by atoms with Gasteiger partial charge in [0.25, 0.3) is 11.7 Å². The van der Waals surface area contributed by atoms with Gasteiger partial charge in [-0.15, -0.1) is 0 Å². The zero-order valence-corrected chi connectivity index (χ0v) is 16.9. The molecule has 1 saturated heterocycles. The van der Waals surface area contributed by atoms with Gasteiger partial charge in [0.1, 0.15) is 23.1 Å². The summed E-state index contributed by atoms with van der Waals surface area (Å²) in [5.74, 6) is -3.63. The van der Waals surface area contributed by atoms with Crippen molar-refractivity contribution >= 4 is 17.4 Å². The van der Waals surface area contributed by atoms with Crippen LogP contribution in [0, 0.1) is 11.6 Å². The summed E-state index contributed by atoms with van der Waals surface area (Å²) in [7, 11) is 4.92. The molecular weight excluding hydrogens is 394 g/mol. The standard InChI is InChI=1S/C22H22F2N2O4/c1-25(2)10-11-26-19(14-6-4-5-7-16(14)24)18(21(28)22(26)29)20(27)15-12-13(23)8-9-17(15)30-3/h4-9,12,19,27H,10-11H2,1-3H3/b20-18+. The van der Waals surface area contributed by atoms with E-state index in [4.69, 9.17) is 4.74 Å². The molecule has 1 atom stereocenters. The van der Waals surface area contributed by atoms with E-state index in [9.17, 15) is 23.5 Å². The Kier molecular flexibility index (Phi) is 6.17. The van der Waals surface area contributed by atoms with E-state index in [1.807, 2.05) is 4.90 Å². The molecule has 1 amide bonds. The molecule has 158 valence electrons.